The fraction of sp³-hybridized carbons (Fsp3) is 0.375. The summed E-state index contributed by atoms with van der Waals surface area (Å²) in [5.74, 6) is 0.0144. The molecule has 0 radical (unpaired) electrons. The van der Waals surface area contributed by atoms with E-state index in [0.717, 1.165) is 18.5 Å². The minimum Gasteiger partial charge on any atom is -0.377 e. The second-order valence-corrected chi connectivity index (χ2v) is 5.20. The molecule has 0 saturated carbocycles. The summed E-state index contributed by atoms with van der Waals surface area (Å²) in [4.78, 5) is 26.9. The highest BCUT2D eigenvalue weighted by Crippen LogP contribution is 2.16. The lowest BCUT2D eigenvalue weighted by molar-refractivity contribution is -0.00415. The molecule has 1 aliphatic heterocycles. The molecule has 1 saturated heterocycles. The lowest BCUT2D eigenvalue weighted by atomic mass is 10.1. The Morgan fingerprint density at radius 1 is 1.27 bits per heavy atom. The largest absolute Gasteiger partial charge is 0.377 e. The van der Waals surface area contributed by atoms with Gasteiger partial charge in [-0.3, -0.25) is 19.7 Å². The summed E-state index contributed by atoms with van der Waals surface area (Å²) in [7, 11) is 0. The SMILES string of the molecule is O=C(c1cccnc1)N1CCOC[C@@H]1CCc1cnccn1. The molecule has 6 heteroatoms. The van der Waals surface area contributed by atoms with Crippen molar-refractivity contribution in [2.24, 2.45) is 0 Å². The van der Waals surface area contributed by atoms with Gasteiger partial charge in [0.1, 0.15) is 0 Å². The Bertz CT molecular complexity index is 606. The van der Waals surface area contributed by atoms with Crippen LogP contribution in [0.2, 0.25) is 0 Å². The molecule has 0 spiro atoms. The maximum atomic E-state index is 12.6. The maximum absolute atomic E-state index is 12.6. The first-order valence-electron chi connectivity index (χ1n) is 7.38. The Morgan fingerprint density at radius 2 is 2.18 bits per heavy atom. The number of nitrogens with zero attached hydrogens (tertiary/aromatic N) is 4. The zero-order valence-corrected chi connectivity index (χ0v) is 12.3. The molecule has 1 aliphatic rings. The topological polar surface area (TPSA) is 68.2 Å². The van der Waals surface area contributed by atoms with E-state index in [9.17, 15) is 4.79 Å². The second kappa shape index (κ2) is 7.09. The van der Waals surface area contributed by atoms with Crippen molar-refractivity contribution in [1.82, 2.24) is 19.9 Å². The van der Waals surface area contributed by atoms with E-state index in [-0.39, 0.29) is 11.9 Å². The van der Waals surface area contributed by atoms with Crippen molar-refractivity contribution in [2.75, 3.05) is 19.8 Å². The number of aryl methyl sites for hydroxylation is 1. The van der Waals surface area contributed by atoms with Gasteiger partial charge in [-0.1, -0.05) is 0 Å². The summed E-state index contributed by atoms with van der Waals surface area (Å²) in [5.41, 5.74) is 1.55. The highest BCUT2D eigenvalue weighted by molar-refractivity contribution is 5.94. The number of hydrogen-bond donors (Lipinski definition) is 0. The number of rotatable bonds is 4. The first-order chi connectivity index (χ1) is 10.8. The molecule has 0 N–H and O–H groups in total. The van der Waals surface area contributed by atoms with Gasteiger partial charge < -0.3 is 9.64 Å². The molecule has 0 unspecified atom stereocenters. The molecule has 6 nitrogen and oxygen atoms in total. The zero-order chi connectivity index (χ0) is 15.2. The van der Waals surface area contributed by atoms with E-state index in [1.165, 1.54) is 0 Å². The third-order valence-electron chi connectivity index (χ3n) is 3.75. The van der Waals surface area contributed by atoms with E-state index in [1.54, 1.807) is 43.1 Å². The first-order valence-corrected chi connectivity index (χ1v) is 7.38. The van der Waals surface area contributed by atoms with Crippen LogP contribution < -0.4 is 0 Å². The second-order valence-electron chi connectivity index (χ2n) is 5.20. The molecule has 1 fully saturated rings. The van der Waals surface area contributed by atoms with Gasteiger partial charge in [0.15, 0.2) is 0 Å². The van der Waals surface area contributed by atoms with E-state index in [1.807, 2.05) is 4.90 Å². The number of carbonyl (C=O) groups excluding carboxylic acids is 1. The number of ether oxygens (including phenoxy) is 1. The van der Waals surface area contributed by atoms with E-state index in [4.69, 9.17) is 4.74 Å². The molecule has 1 amide bonds. The van der Waals surface area contributed by atoms with Crippen LogP contribution >= 0.6 is 0 Å². The molecule has 2 aromatic heterocycles. The molecule has 0 bridgehead atoms. The van der Waals surface area contributed by atoms with E-state index >= 15 is 0 Å². The first kappa shape index (κ1) is 14.6. The Morgan fingerprint density at radius 3 is 2.95 bits per heavy atom. The number of pyridine rings is 1. The summed E-state index contributed by atoms with van der Waals surface area (Å²) in [6, 6.07) is 3.63. The van der Waals surface area contributed by atoms with Gasteiger partial charge in [-0.2, -0.15) is 0 Å². The fourth-order valence-electron chi connectivity index (χ4n) is 2.59. The van der Waals surface area contributed by atoms with E-state index in [0.29, 0.717) is 25.3 Å². The van der Waals surface area contributed by atoms with Gasteiger partial charge in [-0.25, -0.2) is 0 Å². The number of morpholine rings is 1. The zero-order valence-electron chi connectivity index (χ0n) is 12.3. The predicted octanol–water partition coefficient (Wildman–Crippen LogP) is 1.35. The summed E-state index contributed by atoms with van der Waals surface area (Å²) in [6.45, 7) is 1.75. The molecule has 2 aromatic rings. The molecule has 0 aromatic carbocycles. The minimum absolute atomic E-state index is 0.0144. The van der Waals surface area contributed by atoms with Crippen LogP contribution in [0.3, 0.4) is 0 Å². The Balaban J connectivity index is 1.67. The van der Waals surface area contributed by atoms with Gasteiger partial charge in [0.05, 0.1) is 30.5 Å². The van der Waals surface area contributed by atoms with Crippen LogP contribution in [0.5, 0.6) is 0 Å². The quantitative estimate of drug-likeness (QED) is 0.852. The van der Waals surface area contributed by atoms with Crippen LogP contribution in [0.1, 0.15) is 22.5 Å². The molecule has 3 rings (SSSR count). The highest BCUT2D eigenvalue weighted by atomic mass is 16.5. The average molecular weight is 298 g/mol. The van der Waals surface area contributed by atoms with Crippen LogP contribution in [0.15, 0.2) is 43.1 Å². The van der Waals surface area contributed by atoms with Crippen LogP contribution in [0.4, 0.5) is 0 Å². The van der Waals surface area contributed by atoms with Crippen LogP contribution in [0, 0.1) is 0 Å². The molecular weight excluding hydrogens is 280 g/mol. The van der Waals surface area contributed by atoms with Crippen LogP contribution in [0.25, 0.3) is 0 Å². The summed E-state index contributed by atoms with van der Waals surface area (Å²) in [6.07, 6.45) is 9.97. The van der Waals surface area contributed by atoms with Gasteiger partial charge in [0.2, 0.25) is 0 Å². The number of aromatic nitrogens is 3. The van der Waals surface area contributed by atoms with Crippen LogP contribution in [-0.2, 0) is 11.2 Å². The molecule has 3 heterocycles. The average Bonchev–Trinajstić information content (AvgIpc) is 2.61. The van der Waals surface area contributed by atoms with Gasteiger partial charge in [0.25, 0.3) is 5.91 Å². The van der Waals surface area contributed by atoms with Crippen molar-refractivity contribution in [3.05, 3.63) is 54.4 Å². The number of carbonyl (C=O) groups is 1. The van der Waals surface area contributed by atoms with Gasteiger partial charge in [0, 0.05) is 37.5 Å². The van der Waals surface area contributed by atoms with Crippen molar-refractivity contribution >= 4 is 5.91 Å². The molecule has 22 heavy (non-hydrogen) atoms. The maximum Gasteiger partial charge on any atom is 0.255 e. The van der Waals surface area contributed by atoms with Gasteiger partial charge >= 0.3 is 0 Å². The summed E-state index contributed by atoms with van der Waals surface area (Å²) >= 11 is 0. The van der Waals surface area contributed by atoms with E-state index in [2.05, 4.69) is 15.0 Å². The third-order valence-corrected chi connectivity index (χ3v) is 3.75. The number of amides is 1. The molecule has 114 valence electrons. The highest BCUT2D eigenvalue weighted by Gasteiger charge is 2.28. The normalized spacial score (nSPS) is 18.2. The van der Waals surface area contributed by atoms with Crippen molar-refractivity contribution in [3.63, 3.8) is 0 Å². The monoisotopic (exact) mass is 298 g/mol. The van der Waals surface area contributed by atoms with Crippen molar-refractivity contribution in [2.45, 2.75) is 18.9 Å². The van der Waals surface area contributed by atoms with Crippen LogP contribution in [-0.4, -0.2) is 51.6 Å². The van der Waals surface area contributed by atoms with Crippen molar-refractivity contribution in [3.8, 4) is 0 Å². The van der Waals surface area contributed by atoms with Gasteiger partial charge in [-0.05, 0) is 25.0 Å². The standard InChI is InChI=1S/C16H18N4O2/c21-16(13-2-1-5-17-10-13)20-8-9-22-12-15(20)4-3-14-11-18-6-7-19-14/h1-2,5-7,10-11,15H,3-4,8-9,12H2/t15-/m0/s1. The van der Waals surface area contributed by atoms with Gasteiger partial charge in [-0.15, -0.1) is 0 Å². The third kappa shape index (κ3) is 3.46. The number of hydrogen-bond acceptors (Lipinski definition) is 5. The lowest BCUT2D eigenvalue weighted by Crippen LogP contribution is -2.48. The Labute approximate surface area is 129 Å². The lowest BCUT2D eigenvalue weighted by Gasteiger charge is -2.35. The van der Waals surface area contributed by atoms with E-state index < -0.39 is 0 Å². The molecular formula is C16H18N4O2. The Kier molecular flexibility index (Phi) is 4.70. The summed E-state index contributed by atoms with van der Waals surface area (Å²) in [5, 5.41) is 0. The van der Waals surface area contributed by atoms with Crippen molar-refractivity contribution < 1.29 is 9.53 Å². The smallest absolute Gasteiger partial charge is 0.255 e. The predicted molar refractivity (Wildman–Crippen MR) is 80.2 cm³/mol. The summed E-state index contributed by atoms with van der Waals surface area (Å²) < 4.78 is 5.54. The fourth-order valence-corrected chi connectivity index (χ4v) is 2.59. The molecule has 0 aliphatic carbocycles. The minimum atomic E-state index is 0.0144. The molecule has 1 atom stereocenters. The van der Waals surface area contributed by atoms with Crippen molar-refractivity contribution in [1.29, 1.82) is 0 Å². The Hall–Kier alpha value is -2.34.